The Bertz CT molecular complexity index is 258. The zero-order valence-electron chi connectivity index (χ0n) is 12.2. The molecule has 1 saturated heterocycles. The van der Waals surface area contributed by atoms with Crippen molar-refractivity contribution < 1.29 is 9.47 Å². The molecule has 3 rings (SSSR count). The fourth-order valence-corrected chi connectivity index (χ4v) is 3.97. The van der Waals surface area contributed by atoms with Gasteiger partial charge in [-0.25, -0.2) is 0 Å². The second-order valence-corrected chi connectivity index (χ2v) is 6.59. The Morgan fingerprint density at radius 3 is 1.84 bits per heavy atom. The maximum Gasteiger partial charge on any atom is 0.168 e. The predicted molar refractivity (Wildman–Crippen MR) is 76.1 cm³/mol. The van der Waals surface area contributed by atoms with E-state index in [0.717, 1.165) is 32.1 Å². The van der Waals surface area contributed by atoms with E-state index in [-0.39, 0.29) is 5.79 Å². The van der Waals surface area contributed by atoms with E-state index in [1.54, 1.807) is 0 Å². The van der Waals surface area contributed by atoms with Crippen molar-refractivity contribution in [1.82, 2.24) is 5.32 Å². The Morgan fingerprint density at radius 2 is 1.21 bits per heavy atom. The van der Waals surface area contributed by atoms with Gasteiger partial charge in [-0.05, 0) is 25.7 Å². The molecule has 2 aliphatic carbocycles. The number of hydrogen-bond acceptors (Lipinski definition) is 3. The van der Waals surface area contributed by atoms with Crippen molar-refractivity contribution in [2.24, 2.45) is 0 Å². The normalized spacial score (nSPS) is 30.3. The van der Waals surface area contributed by atoms with E-state index in [0.29, 0.717) is 6.04 Å². The van der Waals surface area contributed by atoms with Gasteiger partial charge in [0.2, 0.25) is 0 Å². The molecule has 1 aliphatic heterocycles. The first-order valence-electron chi connectivity index (χ1n) is 8.40. The third-order valence-electron chi connectivity index (χ3n) is 5.14. The molecule has 3 fully saturated rings. The molecule has 0 aromatic carbocycles. The van der Waals surface area contributed by atoms with E-state index in [4.69, 9.17) is 9.47 Å². The Labute approximate surface area is 117 Å². The lowest BCUT2D eigenvalue weighted by Crippen LogP contribution is -2.45. The van der Waals surface area contributed by atoms with Gasteiger partial charge >= 0.3 is 0 Å². The summed E-state index contributed by atoms with van der Waals surface area (Å²) in [5.74, 6) is -0.195. The number of ether oxygens (including phenoxy) is 2. The molecule has 0 radical (unpaired) electrons. The summed E-state index contributed by atoms with van der Waals surface area (Å²) in [6.07, 6.45) is 14.5. The van der Waals surface area contributed by atoms with Crippen LogP contribution < -0.4 is 5.32 Å². The summed E-state index contributed by atoms with van der Waals surface area (Å²) in [6, 6.07) is 1.47. The van der Waals surface area contributed by atoms with Crippen molar-refractivity contribution in [3.63, 3.8) is 0 Å². The molecule has 3 nitrogen and oxygen atoms in total. The molecule has 1 heterocycles. The minimum absolute atomic E-state index is 0.195. The van der Waals surface area contributed by atoms with Gasteiger partial charge in [0.05, 0.1) is 13.2 Å². The second-order valence-electron chi connectivity index (χ2n) is 6.59. The molecule has 0 aromatic rings. The maximum atomic E-state index is 5.81. The minimum Gasteiger partial charge on any atom is -0.348 e. The van der Waals surface area contributed by atoms with Gasteiger partial charge in [-0.15, -0.1) is 0 Å². The zero-order valence-corrected chi connectivity index (χ0v) is 12.2. The fourth-order valence-electron chi connectivity index (χ4n) is 3.97. The zero-order chi connectivity index (χ0) is 13.0. The van der Waals surface area contributed by atoms with Crippen molar-refractivity contribution in [3.8, 4) is 0 Å². The van der Waals surface area contributed by atoms with Crippen LogP contribution in [0.15, 0.2) is 0 Å². The standard InChI is InChI=1S/C16H29NO2/c1-2-4-6-14(7-5-3-1)17-15-8-10-16(11-9-15)18-12-13-19-16/h14-15,17H,1-13H2. The van der Waals surface area contributed by atoms with Crippen LogP contribution in [0, 0.1) is 0 Å². The summed E-state index contributed by atoms with van der Waals surface area (Å²) in [5, 5.41) is 3.92. The van der Waals surface area contributed by atoms with Gasteiger partial charge in [-0.3, -0.25) is 0 Å². The lowest BCUT2D eigenvalue weighted by molar-refractivity contribution is -0.179. The van der Waals surface area contributed by atoms with E-state index in [9.17, 15) is 0 Å². The van der Waals surface area contributed by atoms with Gasteiger partial charge in [0.1, 0.15) is 0 Å². The van der Waals surface area contributed by atoms with Crippen molar-refractivity contribution in [1.29, 1.82) is 0 Å². The van der Waals surface area contributed by atoms with Crippen LogP contribution in [0.3, 0.4) is 0 Å². The Hall–Kier alpha value is -0.120. The largest absolute Gasteiger partial charge is 0.348 e. The summed E-state index contributed by atoms with van der Waals surface area (Å²) in [7, 11) is 0. The molecule has 0 unspecified atom stereocenters. The van der Waals surface area contributed by atoms with Gasteiger partial charge in [0, 0.05) is 24.9 Å². The average Bonchev–Trinajstić information content (AvgIpc) is 2.84. The van der Waals surface area contributed by atoms with Gasteiger partial charge in [0.15, 0.2) is 5.79 Å². The van der Waals surface area contributed by atoms with Gasteiger partial charge in [0.25, 0.3) is 0 Å². The molecule has 2 saturated carbocycles. The number of rotatable bonds is 2. The minimum atomic E-state index is -0.195. The molecule has 110 valence electrons. The van der Waals surface area contributed by atoms with E-state index in [1.807, 2.05) is 0 Å². The highest BCUT2D eigenvalue weighted by Crippen LogP contribution is 2.36. The van der Waals surface area contributed by atoms with Gasteiger partial charge in [-0.1, -0.05) is 32.1 Å². The van der Waals surface area contributed by atoms with Crippen LogP contribution in [0.2, 0.25) is 0 Å². The molecule has 1 spiro atoms. The summed E-state index contributed by atoms with van der Waals surface area (Å²) >= 11 is 0. The van der Waals surface area contributed by atoms with Gasteiger partial charge in [-0.2, -0.15) is 0 Å². The Kier molecular flexibility index (Phi) is 4.78. The predicted octanol–water partition coefficient (Wildman–Crippen LogP) is 3.37. The van der Waals surface area contributed by atoms with Crippen molar-refractivity contribution in [2.75, 3.05) is 13.2 Å². The highest BCUT2D eigenvalue weighted by molar-refractivity contribution is 4.87. The highest BCUT2D eigenvalue weighted by atomic mass is 16.7. The lowest BCUT2D eigenvalue weighted by Gasteiger charge is -2.37. The average molecular weight is 267 g/mol. The summed E-state index contributed by atoms with van der Waals surface area (Å²) in [4.78, 5) is 0. The number of nitrogens with one attached hydrogen (secondary N) is 1. The molecular formula is C16H29NO2. The van der Waals surface area contributed by atoms with E-state index >= 15 is 0 Å². The van der Waals surface area contributed by atoms with Crippen molar-refractivity contribution in [3.05, 3.63) is 0 Å². The van der Waals surface area contributed by atoms with Gasteiger partial charge < -0.3 is 14.8 Å². The molecule has 0 atom stereocenters. The Balaban J connectivity index is 1.43. The quantitative estimate of drug-likeness (QED) is 0.832. The van der Waals surface area contributed by atoms with Crippen LogP contribution in [0.5, 0.6) is 0 Å². The fraction of sp³-hybridized carbons (Fsp3) is 1.00. The lowest BCUT2D eigenvalue weighted by atomic mass is 9.88. The first kappa shape index (κ1) is 13.8. The summed E-state index contributed by atoms with van der Waals surface area (Å²) < 4.78 is 11.6. The molecule has 3 heteroatoms. The third-order valence-corrected chi connectivity index (χ3v) is 5.14. The maximum absolute atomic E-state index is 5.81. The van der Waals surface area contributed by atoms with Crippen molar-refractivity contribution >= 4 is 0 Å². The monoisotopic (exact) mass is 267 g/mol. The van der Waals surface area contributed by atoms with E-state index in [2.05, 4.69) is 5.32 Å². The Morgan fingerprint density at radius 1 is 0.684 bits per heavy atom. The van der Waals surface area contributed by atoms with E-state index in [1.165, 1.54) is 57.8 Å². The molecule has 1 N–H and O–H groups in total. The molecular weight excluding hydrogens is 238 g/mol. The van der Waals surface area contributed by atoms with Crippen LogP contribution >= 0.6 is 0 Å². The van der Waals surface area contributed by atoms with Crippen LogP contribution in [-0.4, -0.2) is 31.1 Å². The second kappa shape index (κ2) is 6.55. The van der Waals surface area contributed by atoms with Crippen molar-refractivity contribution in [2.45, 2.75) is 88.5 Å². The number of hydrogen-bond donors (Lipinski definition) is 1. The molecule has 0 amide bonds. The van der Waals surface area contributed by atoms with Crippen LogP contribution in [-0.2, 0) is 9.47 Å². The highest BCUT2D eigenvalue weighted by Gasteiger charge is 2.40. The topological polar surface area (TPSA) is 30.5 Å². The first-order chi connectivity index (χ1) is 9.36. The molecule has 3 aliphatic rings. The first-order valence-corrected chi connectivity index (χ1v) is 8.40. The smallest absolute Gasteiger partial charge is 0.168 e. The van der Waals surface area contributed by atoms with E-state index < -0.39 is 0 Å². The third kappa shape index (κ3) is 3.71. The van der Waals surface area contributed by atoms with Crippen LogP contribution in [0.4, 0.5) is 0 Å². The van der Waals surface area contributed by atoms with Crippen LogP contribution in [0.1, 0.15) is 70.6 Å². The molecule has 0 bridgehead atoms. The van der Waals surface area contributed by atoms with Crippen LogP contribution in [0.25, 0.3) is 0 Å². The molecule has 19 heavy (non-hydrogen) atoms. The SMILES string of the molecule is C1CCCC(NC2CCC3(CC2)OCCO3)CCC1. The molecule has 0 aromatic heterocycles. The summed E-state index contributed by atoms with van der Waals surface area (Å²) in [6.45, 7) is 1.58. The summed E-state index contributed by atoms with van der Waals surface area (Å²) in [5.41, 5.74) is 0.